The molecule has 0 bridgehead atoms. The van der Waals surface area contributed by atoms with Crippen LogP contribution in [0, 0.1) is 0 Å². The van der Waals surface area contributed by atoms with Gasteiger partial charge in [-0.1, -0.05) is 109 Å². The first-order chi connectivity index (χ1) is 11.7. The zero-order chi connectivity index (χ0) is 17.9. The molecule has 0 unspecified atom stereocenters. The van der Waals surface area contributed by atoms with Crippen LogP contribution in [0.4, 0.5) is 0 Å². The zero-order valence-corrected chi connectivity index (χ0v) is 16.2. The van der Waals surface area contributed by atoms with Crippen LogP contribution in [0.25, 0.3) is 0 Å². The van der Waals surface area contributed by atoms with Gasteiger partial charge in [-0.3, -0.25) is 0 Å². The second kappa shape index (κ2) is 18.3. The lowest BCUT2D eigenvalue weighted by Crippen LogP contribution is -1.94. The Labute approximate surface area is 150 Å². The maximum absolute atomic E-state index is 10.6. The highest BCUT2D eigenvalue weighted by Gasteiger charge is 1.96. The molecule has 0 aromatic heterocycles. The Morgan fingerprint density at radius 1 is 0.750 bits per heavy atom. The van der Waals surface area contributed by atoms with Crippen LogP contribution in [0.2, 0.25) is 0 Å². The number of allylic oxidation sites excluding steroid dienone is 3. The van der Waals surface area contributed by atoms with E-state index in [0.29, 0.717) is 5.57 Å². The lowest BCUT2D eigenvalue weighted by molar-refractivity contribution is -0.132. The summed E-state index contributed by atoms with van der Waals surface area (Å²) in [4.78, 5) is 10.6. The Balaban J connectivity index is 3.19. The van der Waals surface area contributed by atoms with Gasteiger partial charge in [-0.2, -0.15) is 0 Å². The summed E-state index contributed by atoms with van der Waals surface area (Å²) in [5.74, 6) is -0.837. The Morgan fingerprint density at radius 3 is 1.58 bits per heavy atom. The molecule has 24 heavy (non-hydrogen) atoms. The molecule has 0 aliphatic rings. The van der Waals surface area contributed by atoms with Gasteiger partial charge >= 0.3 is 5.97 Å². The average Bonchev–Trinajstić information content (AvgIpc) is 2.57. The van der Waals surface area contributed by atoms with Crippen molar-refractivity contribution in [3.63, 3.8) is 0 Å². The maximum atomic E-state index is 10.6. The van der Waals surface area contributed by atoms with Crippen LogP contribution in [-0.2, 0) is 4.79 Å². The van der Waals surface area contributed by atoms with Crippen molar-refractivity contribution >= 4 is 5.97 Å². The molecule has 0 aliphatic carbocycles. The van der Waals surface area contributed by atoms with E-state index in [-0.39, 0.29) is 0 Å². The fourth-order valence-electron chi connectivity index (χ4n) is 2.84. The summed E-state index contributed by atoms with van der Waals surface area (Å²) in [7, 11) is 0. The van der Waals surface area contributed by atoms with Crippen LogP contribution < -0.4 is 0 Å². The molecule has 0 fully saturated rings. The third-order valence-electron chi connectivity index (χ3n) is 4.54. The summed E-state index contributed by atoms with van der Waals surface area (Å²) in [6.07, 6.45) is 26.1. The van der Waals surface area contributed by atoms with Crippen LogP contribution in [-0.4, -0.2) is 11.1 Å². The van der Waals surface area contributed by atoms with Gasteiger partial charge in [0.1, 0.15) is 0 Å². The molecular weight excluding hydrogens is 296 g/mol. The van der Waals surface area contributed by atoms with E-state index in [1.807, 2.05) is 6.08 Å². The van der Waals surface area contributed by atoms with Crippen molar-refractivity contribution in [2.75, 3.05) is 0 Å². The van der Waals surface area contributed by atoms with Gasteiger partial charge in [0.15, 0.2) is 0 Å². The van der Waals surface area contributed by atoms with E-state index in [1.54, 1.807) is 13.0 Å². The standard InChI is InChI=1S/C22H40O2/c1-3-4-5-6-7-8-9-10-11-12-13-14-15-16-17-18-19-20-21(2)22(23)24/h18-20H,3-17H2,1-2H3,(H,23,24). The number of rotatable bonds is 17. The molecule has 0 atom stereocenters. The molecule has 0 radical (unpaired) electrons. The fourth-order valence-corrected chi connectivity index (χ4v) is 2.84. The minimum atomic E-state index is -0.837. The SMILES string of the molecule is CCCCCCCCCCCCCCCCC=CC=C(C)C(=O)O. The lowest BCUT2D eigenvalue weighted by atomic mass is 10.0. The Kier molecular flexibility index (Phi) is 17.5. The molecule has 0 saturated carbocycles. The minimum Gasteiger partial charge on any atom is -0.478 e. The first-order valence-corrected chi connectivity index (χ1v) is 10.2. The highest BCUT2D eigenvalue weighted by atomic mass is 16.4. The van der Waals surface area contributed by atoms with Gasteiger partial charge in [0.05, 0.1) is 0 Å². The van der Waals surface area contributed by atoms with Crippen molar-refractivity contribution in [2.45, 2.75) is 110 Å². The van der Waals surface area contributed by atoms with E-state index in [0.717, 1.165) is 6.42 Å². The van der Waals surface area contributed by atoms with E-state index < -0.39 is 5.97 Å². The summed E-state index contributed by atoms with van der Waals surface area (Å²) in [5, 5.41) is 8.71. The molecular formula is C22H40O2. The van der Waals surface area contributed by atoms with E-state index in [9.17, 15) is 4.79 Å². The van der Waals surface area contributed by atoms with Crippen LogP contribution in [0.15, 0.2) is 23.8 Å². The number of hydrogen-bond acceptors (Lipinski definition) is 1. The van der Waals surface area contributed by atoms with Crippen LogP contribution in [0.1, 0.15) is 110 Å². The molecule has 0 aromatic carbocycles. The molecule has 0 aromatic rings. The van der Waals surface area contributed by atoms with Crippen LogP contribution in [0.3, 0.4) is 0 Å². The van der Waals surface area contributed by atoms with Gasteiger partial charge < -0.3 is 5.11 Å². The maximum Gasteiger partial charge on any atom is 0.331 e. The summed E-state index contributed by atoms with van der Waals surface area (Å²) in [5.41, 5.74) is 0.396. The number of carboxylic acids is 1. The summed E-state index contributed by atoms with van der Waals surface area (Å²) < 4.78 is 0. The van der Waals surface area contributed by atoms with E-state index >= 15 is 0 Å². The van der Waals surface area contributed by atoms with Crippen molar-refractivity contribution < 1.29 is 9.90 Å². The van der Waals surface area contributed by atoms with Crippen molar-refractivity contribution in [3.05, 3.63) is 23.8 Å². The topological polar surface area (TPSA) is 37.3 Å². The van der Waals surface area contributed by atoms with E-state index in [1.165, 1.54) is 89.9 Å². The summed E-state index contributed by atoms with van der Waals surface area (Å²) in [6, 6.07) is 0. The highest BCUT2D eigenvalue weighted by molar-refractivity contribution is 5.86. The van der Waals surface area contributed by atoms with Crippen LogP contribution in [0.5, 0.6) is 0 Å². The molecule has 0 amide bonds. The van der Waals surface area contributed by atoms with Crippen LogP contribution >= 0.6 is 0 Å². The molecule has 1 N–H and O–H groups in total. The number of carboxylic acid groups (broad SMARTS) is 1. The van der Waals surface area contributed by atoms with Gasteiger partial charge in [-0.15, -0.1) is 0 Å². The Hall–Kier alpha value is -1.05. The highest BCUT2D eigenvalue weighted by Crippen LogP contribution is 2.13. The monoisotopic (exact) mass is 336 g/mol. The first kappa shape index (κ1) is 22.9. The van der Waals surface area contributed by atoms with Gasteiger partial charge in [0, 0.05) is 5.57 Å². The van der Waals surface area contributed by atoms with Gasteiger partial charge in [0.2, 0.25) is 0 Å². The smallest absolute Gasteiger partial charge is 0.331 e. The summed E-state index contributed by atoms with van der Waals surface area (Å²) in [6.45, 7) is 3.90. The lowest BCUT2D eigenvalue weighted by Gasteiger charge is -2.02. The van der Waals surface area contributed by atoms with E-state index in [2.05, 4.69) is 13.0 Å². The molecule has 0 saturated heterocycles. The second-order valence-electron chi connectivity index (χ2n) is 6.97. The quantitative estimate of drug-likeness (QED) is 0.170. The van der Waals surface area contributed by atoms with E-state index in [4.69, 9.17) is 5.11 Å². The first-order valence-electron chi connectivity index (χ1n) is 10.2. The zero-order valence-electron chi connectivity index (χ0n) is 16.2. The minimum absolute atomic E-state index is 0.396. The summed E-state index contributed by atoms with van der Waals surface area (Å²) >= 11 is 0. The fraction of sp³-hybridized carbons (Fsp3) is 0.773. The number of aliphatic carboxylic acids is 1. The largest absolute Gasteiger partial charge is 0.478 e. The second-order valence-corrected chi connectivity index (χ2v) is 6.97. The van der Waals surface area contributed by atoms with Crippen molar-refractivity contribution in [1.29, 1.82) is 0 Å². The molecule has 0 spiro atoms. The number of carbonyl (C=O) groups is 1. The Morgan fingerprint density at radius 2 is 1.17 bits per heavy atom. The van der Waals surface area contributed by atoms with Crippen molar-refractivity contribution in [1.82, 2.24) is 0 Å². The van der Waals surface area contributed by atoms with Crippen molar-refractivity contribution in [3.8, 4) is 0 Å². The van der Waals surface area contributed by atoms with Gasteiger partial charge in [-0.05, 0) is 19.8 Å². The molecule has 2 nitrogen and oxygen atoms in total. The van der Waals surface area contributed by atoms with Gasteiger partial charge in [-0.25, -0.2) is 4.79 Å². The Bertz CT molecular complexity index is 342. The molecule has 0 rings (SSSR count). The number of hydrogen-bond donors (Lipinski definition) is 1. The predicted octanol–water partition coefficient (Wildman–Crippen LogP) is 7.44. The molecule has 0 heterocycles. The van der Waals surface area contributed by atoms with Crippen molar-refractivity contribution in [2.24, 2.45) is 0 Å². The average molecular weight is 337 g/mol. The molecule has 2 heteroatoms. The normalized spacial score (nSPS) is 12.2. The third-order valence-corrected chi connectivity index (χ3v) is 4.54. The van der Waals surface area contributed by atoms with Gasteiger partial charge in [0.25, 0.3) is 0 Å². The molecule has 0 aliphatic heterocycles. The number of unbranched alkanes of at least 4 members (excludes halogenated alkanes) is 14. The molecule has 140 valence electrons. The predicted molar refractivity (Wildman–Crippen MR) is 105 cm³/mol. The third kappa shape index (κ3) is 17.3.